The number of halogens is 5. The number of alkyl carbamates (subject to hydrolysis) is 1. The summed E-state index contributed by atoms with van der Waals surface area (Å²) in [6, 6.07) is 13.2. The lowest BCUT2D eigenvalue weighted by Crippen LogP contribution is -2.39. The molecule has 1 N–H and O–H groups in total. The number of fused-ring (bicyclic) bond motifs is 2. The molecule has 0 radical (unpaired) electrons. The number of aryl methyl sites for hydroxylation is 1. The van der Waals surface area contributed by atoms with E-state index in [1.54, 1.807) is 45.0 Å². The number of hydrogen-bond donors (Lipinski definition) is 1. The number of aromatic nitrogens is 4. The van der Waals surface area contributed by atoms with Crippen molar-refractivity contribution in [2.75, 3.05) is 17.7 Å². The van der Waals surface area contributed by atoms with E-state index >= 15 is 0 Å². The van der Waals surface area contributed by atoms with Crippen molar-refractivity contribution in [2.24, 2.45) is 7.05 Å². The molecule has 6 aromatic rings. The zero-order valence-corrected chi connectivity index (χ0v) is 33.2. The van der Waals surface area contributed by atoms with Crippen LogP contribution in [0.4, 0.5) is 23.8 Å². The van der Waals surface area contributed by atoms with E-state index in [0.29, 0.717) is 17.4 Å². The van der Waals surface area contributed by atoms with Crippen molar-refractivity contribution in [1.29, 1.82) is 0 Å². The third-order valence-electron chi connectivity index (χ3n) is 8.58. The van der Waals surface area contributed by atoms with Gasteiger partial charge in [-0.05, 0) is 80.4 Å². The van der Waals surface area contributed by atoms with Crippen LogP contribution in [-0.4, -0.2) is 52.8 Å². The van der Waals surface area contributed by atoms with Crippen LogP contribution in [-0.2, 0) is 34.8 Å². The second-order valence-corrected chi connectivity index (χ2v) is 16.6. The fraction of sp³-hybridized carbons (Fsp3) is 0.263. The van der Waals surface area contributed by atoms with E-state index in [9.17, 15) is 31.2 Å². The number of rotatable bonds is 10. The average molecular weight is 832 g/mol. The van der Waals surface area contributed by atoms with E-state index in [1.165, 1.54) is 37.0 Å². The smallest absolute Gasteiger partial charge is 0.408 e. The standard InChI is InChI=1S/C38H35Cl2F3N6O6S/c1-38(2,3)55-37(51)45-28(17-21-15-22(41)18-23(42)16-21)34-44-27-13-12-26(43)32(40)31(27)36(50)49(34)29-14-11-25(39)30-33(29)47(4)46-35(30)48(56(6,52)53)19-20-7-9-24(54-5)10-8-20/h7-16,18,28H,17,19H2,1-6H3,(H,45,51)/t28-/m0/s1. The van der Waals surface area contributed by atoms with Crippen molar-refractivity contribution in [3.05, 3.63) is 122 Å². The van der Waals surface area contributed by atoms with Gasteiger partial charge in [0.2, 0.25) is 10.0 Å². The second kappa shape index (κ2) is 15.3. The summed E-state index contributed by atoms with van der Waals surface area (Å²) in [4.78, 5) is 32.8. The van der Waals surface area contributed by atoms with Crippen molar-refractivity contribution in [3.8, 4) is 11.4 Å². The predicted molar refractivity (Wildman–Crippen MR) is 208 cm³/mol. The van der Waals surface area contributed by atoms with Gasteiger partial charge in [0.1, 0.15) is 34.6 Å². The van der Waals surface area contributed by atoms with Gasteiger partial charge in [0, 0.05) is 19.5 Å². The van der Waals surface area contributed by atoms with Crippen LogP contribution < -0.4 is 19.9 Å². The molecular formula is C38H35Cl2F3N6O6S. The van der Waals surface area contributed by atoms with Crippen molar-refractivity contribution in [3.63, 3.8) is 0 Å². The lowest BCUT2D eigenvalue weighted by atomic mass is 10.0. The average Bonchev–Trinajstić information content (AvgIpc) is 3.44. The summed E-state index contributed by atoms with van der Waals surface area (Å²) in [7, 11) is -1.04. The third kappa shape index (κ3) is 8.27. The number of anilines is 1. The molecule has 0 aliphatic carbocycles. The van der Waals surface area contributed by atoms with E-state index in [1.807, 2.05) is 0 Å². The molecule has 1 atom stereocenters. The lowest BCUT2D eigenvalue weighted by molar-refractivity contribution is 0.0500. The van der Waals surface area contributed by atoms with Crippen LogP contribution in [0.15, 0.2) is 71.5 Å². The SMILES string of the molecule is COc1ccc(CN(c2nn(C)c3c(-n4c([C@H](Cc5cc(F)cc(F)c5)NC(=O)OC(C)(C)C)nc5ccc(F)c(Cl)c5c4=O)ccc(Cl)c23)S(C)(=O)=O)cc1. The molecule has 0 saturated heterocycles. The van der Waals surface area contributed by atoms with Gasteiger partial charge in [-0.1, -0.05) is 35.3 Å². The molecule has 18 heteroatoms. The van der Waals surface area contributed by atoms with Gasteiger partial charge in [-0.25, -0.2) is 35.7 Å². The maximum absolute atomic E-state index is 15.0. The molecule has 0 saturated carbocycles. The summed E-state index contributed by atoms with van der Waals surface area (Å²) in [5.74, 6) is -2.42. The van der Waals surface area contributed by atoms with Crippen molar-refractivity contribution in [1.82, 2.24) is 24.6 Å². The minimum absolute atomic E-state index is 0.0136. The Morgan fingerprint density at radius 2 is 1.62 bits per heavy atom. The van der Waals surface area contributed by atoms with Gasteiger partial charge in [0.05, 0.1) is 63.5 Å². The first-order chi connectivity index (χ1) is 26.2. The zero-order valence-electron chi connectivity index (χ0n) is 30.8. The molecule has 0 spiro atoms. The Balaban J connectivity index is 1.65. The van der Waals surface area contributed by atoms with Gasteiger partial charge in [-0.3, -0.25) is 14.0 Å². The highest BCUT2D eigenvalue weighted by molar-refractivity contribution is 7.92. The van der Waals surface area contributed by atoms with Crippen LogP contribution in [0.2, 0.25) is 10.0 Å². The molecule has 4 aromatic carbocycles. The number of carbonyl (C=O) groups excluding carboxylic acids is 1. The summed E-state index contributed by atoms with van der Waals surface area (Å²) < 4.78 is 84.9. The number of sulfonamides is 1. The molecule has 294 valence electrons. The number of carbonyl (C=O) groups is 1. The molecule has 0 bridgehead atoms. The lowest BCUT2D eigenvalue weighted by Gasteiger charge is -2.26. The third-order valence-corrected chi connectivity index (χ3v) is 10.4. The molecule has 0 fully saturated rings. The molecule has 2 heterocycles. The minimum Gasteiger partial charge on any atom is -0.497 e. The molecule has 0 aliphatic rings. The van der Waals surface area contributed by atoms with Crippen LogP contribution in [0, 0.1) is 17.5 Å². The maximum atomic E-state index is 15.0. The fourth-order valence-corrected chi connectivity index (χ4v) is 7.56. The Kier molecular flexibility index (Phi) is 11.0. The van der Waals surface area contributed by atoms with E-state index < -0.39 is 55.8 Å². The van der Waals surface area contributed by atoms with Crippen LogP contribution >= 0.6 is 23.2 Å². The van der Waals surface area contributed by atoms with Gasteiger partial charge in [-0.15, -0.1) is 0 Å². The van der Waals surface area contributed by atoms with Gasteiger partial charge in [0.25, 0.3) is 5.56 Å². The summed E-state index contributed by atoms with van der Waals surface area (Å²) in [5, 5.41) is 6.54. The Bertz CT molecular complexity index is 2660. The summed E-state index contributed by atoms with van der Waals surface area (Å²) in [6.07, 6.45) is -0.273. The highest BCUT2D eigenvalue weighted by Gasteiger charge is 2.31. The van der Waals surface area contributed by atoms with E-state index in [-0.39, 0.29) is 62.7 Å². The zero-order chi connectivity index (χ0) is 40.9. The van der Waals surface area contributed by atoms with Crippen LogP contribution in [0.3, 0.4) is 0 Å². The number of nitrogens with zero attached hydrogens (tertiary/aromatic N) is 5. The topological polar surface area (TPSA) is 138 Å². The summed E-state index contributed by atoms with van der Waals surface area (Å²) in [6.45, 7) is 4.72. The number of amides is 1. The van der Waals surface area contributed by atoms with Crippen molar-refractivity contribution < 1.29 is 35.9 Å². The minimum atomic E-state index is -4.04. The van der Waals surface area contributed by atoms with Crippen LogP contribution in [0.5, 0.6) is 5.75 Å². The Labute approximate surface area is 329 Å². The number of ether oxygens (including phenoxy) is 2. The maximum Gasteiger partial charge on any atom is 0.408 e. The molecule has 2 aromatic heterocycles. The number of hydrogen-bond acceptors (Lipinski definition) is 8. The van der Waals surface area contributed by atoms with Crippen molar-refractivity contribution in [2.45, 2.75) is 45.4 Å². The van der Waals surface area contributed by atoms with E-state index in [4.69, 9.17) is 37.7 Å². The number of nitrogens with one attached hydrogen (secondary N) is 1. The Morgan fingerprint density at radius 3 is 2.23 bits per heavy atom. The predicted octanol–water partition coefficient (Wildman–Crippen LogP) is 7.78. The Morgan fingerprint density at radius 1 is 0.964 bits per heavy atom. The quantitative estimate of drug-likeness (QED) is 0.148. The first kappa shape index (κ1) is 40.3. The van der Waals surface area contributed by atoms with Crippen molar-refractivity contribution >= 4 is 66.9 Å². The van der Waals surface area contributed by atoms with Gasteiger partial charge in [0.15, 0.2) is 5.82 Å². The number of methoxy groups -OCH3 is 1. The molecule has 6 rings (SSSR count). The first-order valence-corrected chi connectivity index (χ1v) is 19.5. The molecular weight excluding hydrogens is 796 g/mol. The molecule has 12 nitrogen and oxygen atoms in total. The highest BCUT2D eigenvalue weighted by atomic mass is 35.5. The van der Waals surface area contributed by atoms with Gasteiger partial charge < -0.3 is 14.8 Å². The molecule has 1 amide bonds. The van der Waals surface area contributed by atoms with Gasteiger partial charge >= 0.3 is 6.09 Å². The Hall–Kier alpha value is -5.32. The van der Waals surface area contributed by atoms with E-state index in [2.05, 4.69) is 10.4 Å². The van der Waals surface area contributed by atoms with Crippen LogP contribution in [0.1, 0.15) is 43.8 Å². The largest absolute Gasteiger partial charge is 0.497 e. The highest BCUT2D eigenvalue weighted by Crippen LogP contribution is 2.38. The molecule has 0 unspecified atom stereocenters. The van der Waals surface area contributed by atoms with E-state index in [0.717, 1.165) is 33.3 Å². The fourth-order valence-electron chi connectivity index (χ4n) is 6.25. The summed E-state index contributed by atoms with van der Waals surface area (Å²) >= 11 is 13.2. The first-order valence-electron chi connectivity index (χ1n) is 16.9. The molecule has 0 aliphatic heterocycles. The van der Waals surface area contributed by atoms with Crippen LogP contribution in [0.25, 0.3) is 27.5 Å². The second-order valence-electron chi connectivity index (χ2n) is 13.9. The van der Waals surface area contributed by atoms with Gasteiger partial charge in [-0.2, -0.15) is 5.10 Å². The normalized spacial score (nSPS) is 12.6. The number of benzene rings is 4. The molecule has 56 heavy (non-hydrogen) atoms. The monoisotopic (exact) mass is 830 g/mol. The summed E-state index contributed by atoms with van der Waals surface area (Å²) in [5.41, 5.74) is -1.14.